The van der Waals surface area contributed by atoms with Crippen molar-refractivity contribution < 1.29 is 4.42 Å². The van der Waals surface area contributed by atoms with Gasteiger partial charge in [-0.1, -0.05) is 80.6 Å². The van der Waals surface area contributed by atoms with Gasteiger partial charge < -0.3 is 8.98 Å². The zero-order valence-corrected chi connectivity index (χ0v) is 19.7. The van der Waals surface area contributed by atoms with E-state index < -0.39 is 0 Å². The number of hydrogen-bond donors (Lipinski definition) is 0. The minimum Gasteiger partial charge on any atom is -0.456 e. The fraction of sp³-hybridized carbons (Fsp3) is 0.0909. The Morgan fingerprint density at radius 3 is 2.20 bits per heavy atom. The molecule has 0 spiro atoms. The van der Waals surface area contributed by atoms with E-state index in [9.17, 15) is 0 Å². The number of rotatable bonds is 1. The smallest absolute Gasteiger partial charge is 0.137 e. The summed E-state index contributed by atoms with van der Waals surface area (Å²) in [6.45, 7) is 4.66. The molecule has 1 aliphatic rings. The summed E-state index contributed by atoms with van der Waals surface area (Å²) in [5.74, 6) is 0. The van der Waals surface area contributed by atoms with E-state index in [1.807, 2.05) is 12.1 Å². The first-order valence-corrected chi connectivity index (χ1v) is 12.2. The molecule has 2 aromatic heterocycles. The highest BCUT2D eigenvalue weighted by Crippen LogP contribution is 2.49. The standard InChI is InChI=1S/C33H23NO/c1-33(2)27-12-6-3-9-21(27)24-17-20(15-16-28(24)33)34-29-13-7-4-10-22(29)25-18-26-23-11-5-8-14-31(23)35-32(26)19-30(25)34/h3-19H,1-2H3. The van der Waals surface area contributed by atoms with Gasteiger partial charge in [-0.15, -0.1) is 0 Å². The number of nitrogens with zero attached hydrogens (tertiary/aromatic N) is 1. The fourth-order valence-corrected chi connectivity index (χ4v) is 6.31. The lowest BCUT2D eigenvalue weighted by molar-refractivity contribution is 0.660. The first kappa shape index (κ1) is 19.1. The van der Waals surface area contributed by atoms with Crippen molar-refractivity contribution in [2.24, 2.45) is 0 Å². The third-order valence-electron chi connectivity index (χ3n) is 8.00. The van der Waals surface area contributed by atoms with Gasteiger partial charge in [0, 0.05) is 38.7 Å². The minimum absolute atomic E-state index is 0.00567. The van der Waals surface area contributed by atoms with Crippen LogP contribution in [0.4, 0.5) is 0 Å². The molecule has 166 valence electrons. The second-order valence-corrected chi connectivity index (χ2v) is 10.2. The second-order valence-electron chi connectivity index (χ2n) is 10.2. The zero-order valence-electron chi connectivity index (χ0n) is 19.7. The lowest BCUT2D eigenvalue weighted by Crippen LogP contribution is -2.14. The Hall–Kier alpha value is -4.30. The van der Waals surface area contributed by atoms with Crippen LogP contribution in [-0.2, 0) is 5.41 Å². The highest BCUT2D eigenvalue weighted by molar-refractivity contribution is 6.17. The Kier molecular flexibility index (Phi) is 3.50. The van der Waals surface area contributed by atoms with Crippen LogP contribution in [0.25, 0.3) is 60.6 Å². The number of furan rings is 1. The van der Waals surface area contributed by atoms with Gasteiger partial charge in [0.2, 0.25) is 0 Å². The van der Waals surface area contributed by atoms with Crippen LogP contribution in [0.5, 0.6) is 0 Å². The zero-order chi connectivity index (χ0) is 23.3. The van der Waals surface area contributed by atoms with Gasteiger partial charge in [-0.3, -0.25) is 0 Å². The molecule has 0 aliphatic heterocycles. The Morgan fingerprint density at radius 1 is 0.543 bits per heavy atom. The van der Waals surface area contributed by atoms with Gasteiger partial charge in [0.15, 0.2) is 0 Å². The van der Waals surface area contributed by atoms with Crippen LogP contribution in [0.1, 0.15) is 25.0 Å². The van der Waals surface area contributed by atoms with Gasteiger partial charge in [-0.2, -0.15) is 0 Å². The van der Waals surface area contributed by atoms with E-state index in [-0.39, 0.29) is 5.41 Å². The molecule has 0 bridgehead atoms. The molecule has 0 saturated carbocycles. The predicted molar refractivity (Wildman–Crippen MR) is 146 cm³/mol. The highest BCUT2D eigenvalue weighted by atomic mass is 16.3. The third-order valence-corrected chi connectivity index (χ3v) is 8.00. The van der Waals surface area contributed by atoms with Crippen LogP contribution < -0.4 is 0 Å². The quantitative estimate of drug-likeness (QED) is 0.244. The van der Waals surface area contributed by atoms with Crippen molar-refractivity contribution in [1.29, 1.82) is 0 Å². The molecule has 0 unspecified atom stereocenters. The van der Waals surface area contributed by atoms with E-state index in [0.717, 1.165) is 16.6 Å². The SMILES string of the molecule is CC1(C)c2ccccc2-c2cc(-n3c4ccccc4c4cc5c(cc43)oc3ccccc35)ccc21. The maximum Gasteiger partial charge on any atom is 0.137 e. The van der Waals surface area contributed by atoms with Crippen molar-refractivity contribution in [3.63, 3.8) is 0 Å². The molecular weight excluding hydrogens is 426 g/mol. The van der Waals surface area contributed by atoms with Crippen LogP contribution in [0.2, 0.25) is 0 Å². The first-order valence-electron chi connectivity index (χ1n) is 12.2. The molecule has 8 rings (SSSR count). The molecule has 0 N–H and O–H groups in total. The summed E-state index contributed by atoms with van der Waals surface area (Å²) in [6, 6.07) is 37.3. The molecule has 0 fully saturated rings. The van der Waals surface area contributed by atoms with Crippen molar-refractivity contribution in [2.45, 2.75) is 19.3 Å². The number of hydrogen-bond acceptors (Lipinski definition) is 1. The first-order chi connectivity index (χ1) is 17.1. The van der Waals surface area contributed by atoms with Crippen LogP contribution in [0, 0.1) is 0 Å². The van der Waals surface area contributed by atoms with Crippen molar-refractivity contribution >= 4 is 43.7 Å². The number of fused-ring (bicyclic) bond motifs is 9. The van der Waals surface area contributed by atoms with E-state index >= 15 is 0 Å². The number of benzene rings is 5. The van der Waals surface area contributed by atoms with E-state index in [4.69, 9.17) is 4.42 Å². The molecule has 0 saturated heterocycles. The van der Waals surface area contributed by atoms with Crippen LogP contribution in [0.15, 0.2) is 108 Å². The topological polar surface area (TPSA) is 18.1 Å². The maximum absolute atomic E-state index is 6.28. The van der Waals surface area contributed by atoms with E-state index in [2.05, 4.69) is 109 Å². The van der Waals surface area contributed by atoms with E-state index in [0.29, 0.717) is 0 Å². The summed E-state index contributed by atoms with van der Waals surface area (Å²) in [6.07, 6.45) is 0. The Balaban J connectivity index is 1.47. The molecule has 7 aromatic rings. The van der Waals surface area contributed by atoms with Crippen LogP contribution in [-0.4, -0.2) is 4.57 Å². The van der Waals surface area contributed by atoms with Crippen LogP contribution in [0.3, 0.4) is 0 Å². The molecule has 0 atom stereocenters. The molecule has 0 amide bonds. The molecule has 5 aromatic carbocycles. The number of aromatic nitrogens is 1. The Bertz CT molecular complexity index is 1980. The maximum atomic E-state index is 6.28. The second kappa shape index (κ2) is 6.43. The minimum atomic E-state index is 0.00567. The summed E-state index contributed by atoms with van der Waals surface area (Å²) >= 11 is 0. The summed E-state index contributed by atoms with van der Waals surface area (Å²) < 4.78 is 8.68. The van der Waals surface area contributed by atoms with Crippen molar-refractivity contribution in [2.75, 3.05) is 0 Å². The third kappa shape index (κ3) is 2.39. The average molecular weight is 450 g/mol. The molecule has 1 aliphatic carbocycles. The van der Waals surface area contributed by atoms with Crippen molar-refractivity contribution in [3.05, 3.63) is 114 Å². The summed E-state index contributed by atoms with van der Waals surface area (Å²) in [5.41, 5.74) is 10.9. The summed E-state index contributed by atoms with van der Waals surface area (Å²) in [7, 11) is 0. The monoisotopic (exact) mass is 449 g/mol. The normalized spacial score (nSPS) is 14.2. The van der Waals surface area contributed by atoms with Gasteiger partial charge in [0.05, 0.1) is 11.0 Å². The Morgan fingerprint density at radius 2 is 1.29 bits per heavy atom. The van der Waals surface area contributed by atoms with Gasteiger partial charge in [-0.25, -0.2) is 0 Å². The molecular formula is C33H23NO. The van der Waals surface area contributed by atoms with Gasteiger partial charge in [0.25, 0.3) is 0 Å². The predicted octanol–water partition coefficient (Wildman–Crippen LogP) is 8.99. The van der Waals surface area contributed by atoms with E-state index in [1.54, 1.807) is 0 Å². The van der Waals surface area contributed by atoms with E-state index in [1.165, 1.54) is 55.1 Å². The highest BCUT2D eigenvalue weighted by Gasteiger charge is 2.35. The van der Waals surface area contributed by atoms with Crippen molar-refractivity contribution in [3.8, 4) is 16.8 Å². The van der Waals surface area contributed by atoms with Crippen molar-refractivity contribution in [1.82, 2.24) is 4.57 Å². The average Bonchev–Trinajstić information content (AvgIpc) is 3.49. The van der Waals surface area contributed by atoms with Gasteiger partial charge in [0.1, 0.15) is 11.2 Å². The largest absolute Gasteiger partial charge is 0.456 e. The lowest BCUT2D eigenvalue weighted by Gasteiger charge is -2.21. The molecule has 35 heavy (non-hydrogen) atoms. The lowest BCUT2D eigenvalue weighted by atomic mass is 9.82. The fourth-order valence-electron chi connectivity index (χ4n) is 6.31. The molecule has 2 heterocycles. The summed E-state index contributed by atoms with van der Waals surface area (Å²) in [5, 5.41) is 4.84. The van der Waals surface area contributed by atoms with Crippen LogP contribution >= 0.6 is 0 Å². The summed E-state index contributed by atoms with van der Waals surface area (Å²) in [4.78, 5) is 0. The van der Waals surface area contributed by atoms with Gasteiger partial charge >= 0.3 is 0 Å². The molecule has 0 radical (unpaired) electrons. The molecule has 2 heteroatoms. The van der Waals surface area contributed by atoms with Gasteiger partial charge in [-0.05, 0) is 52.6 Å². The number of para-hydroxylation sites is 2. The Labute approximate surface area is 203 Å². The molecule has 2 nitrogen and oxygen atoms in total.